The van der Waals surface area contributed by atoms with E-state index in [0.717, 1.165) is 10.5 Å². The van der Waals surface area contributed by atoms with E-state index in [2.05, 4.69) is 16.9 Å². The molecule has 1 heterocycles. The van der Waals surface area contributed by atoms with Gasteiger partial charge in [-0.2, -0.15) is 0 Å². The second-order valence-corrected chi connectivity index (χ2v) is 5.85. The second-order valence-electron chi connectivity index (χ2n) is 5.85. The molecule has 0 bridgehead atoms. The van der Waals surface area contributed by atoms with Gasteiger partial charge in [0.15, 0.2) is 5.92 Å². The minimum Gasteiger partial charge on any atom is -0.497 e. The quantitative estimate of drug-likeness (QED) is 0.427. The molecule has 1 aliphatic rings. The molecule has 1 unspecified atom stereocenters. The van der Waals surface area contributed by atoms with Gasteiger partial charge in [0.05, 0.1) is 20.8 Å². The zero-order valence-electron chi connectivity index (χ0n) is 15.7. The van der Waals surface area contributed by atoms with Gasteiger partial charge in [0.25, 0.3) is 0 Å². The number of imide groups is 2. The zero-order chi connectivity index (χ0) is 20.0. The Hall–Kier alpha value is -3.16. The Kier molecular flexibility index (Phi) is 6.70. The number of carbonyl (C=O) groups is 3. The lowest BCUT2D eigenvalue weighted by Gasteiger charge is -2.29. The molecule has 0 radical (unpaired) electrons. The predicted octanol–water partition coefficient (Wildman–Crippen LogP) is 1.94. The summed E-state index contributed by atoms with van der Waals surface area (Å²) in [5.74, 6) is -1.14. The largest absolute Gasteiger partial charge is 0.497 e. The van der Waals surface area contributed by atoms with E-state index in [1.165, 1.54) is 6.08 Å². The van der Waals surface area contributed by atoms with Crippen LogP contribution < -0.4 is 14.8 Å². The van der Waals surface area contributed by atoms with Crippen molar-refractivity contribution in [1.29, 1.82) is 0 Å². The Morgan fingerprint density at radius 2 is 1.85 bits per heavy atom. The first kappa shape index (κ1) is 20.2. The van der Waals surface area contributed by atoms with Crippen molar-refractivity contribution in [2.75, 3.05) is 20.8 Å². The van der Waals surface area contributed by atoms with Crippen LogP contribution in [0.4, 0.5) is 4.79 Å². The molecule has 4 amide bonds. The van der Waals surface area contributed by atoms with Crippen molar-refractivity contribution in [2.45, 2.75) is 19.9 Å². The molecule has 27 heavy (non-hydrogen) atoms. The lowest BCUT2D eigenvalue weighted by Crippen LogP contribution is -2.59. The van der Waals surface area contributed by atoms with Gasteiger partial charge in [-0.25, -0.2) is 4.79 Å². The SMILES string of the molecule is C=CCN1C(=O)NC(=O)C(C(CC)=NCc2cc(OC)cc(OC)c2)C1=O. The third kappa shape index (κ3) is 4.52. The molecular formula is C19H23N3O5. The fraction of sp³-hybridized carbons (Fsp3) is 0.368. The number of nitrogens with one attached hydrogen (secondary N) is 1. The van der Waals surface area contributed by atoms with Crippen molar-refractivity contribution in [3.05, 3.63) is 36.4 Å². The minimum absolute atomic E-state index is 0.0263. The summed E-state index contributed by atoms with van der Waals surface area (Å²) in [6.07, 6.45) is 1.82. The first-order valence-corrected chi connectivity index (χ1v) is 8.47. The smallest absolute Gasteiger partial charge is 0.331 e. The summed E-state index contributed by atoms with van der Waals surface area (Å²) >= 11 is 0. The summed E-state index contributed by atoms with van der Waals surface area (Å²) in [7, 11) is 3.10. The van der Waals surface area contributed by atoms with E-state index in [0.29, 0.717) is 23.6 Å². The van der Waals surface area contributed by atoms with E-state index in [9.17, 15) is 14.4 Å². The molecule has 1 atom stereocenters. The van der Waals surface area contributed by atoms with E-state index in [1.807, 2.05) is 0 Å². The Balaban J connectivity index is 2.29. The molecule has 8 nitrogen and oxygen atoms in total. The average molecular weight is 373 g/mol. The van der Waals surface area contributed by atoms with E-state index >= 15 is 0 Å². The van der Waals surface area contributed by atoms with Crippen LogP contribution in [-0.4, -0.2) is 49.2 Å². The van der Waals surface area contributed by atoms with Crippen LogP contribution in [-0.2, 0) is 16.1 Å². The van der Waals surface area contributed by atoms with Crippen molar-refractivity contribution in [1.82, 2.24) is 10.2 Å². The fourth-order valence-electron chi connectivity index (χ4n) is 2.77. The van der Waals surface area contributed by atoms with Crippen LogP contribution in [0.25, 0.3) is 0 Å². The number of carbonyl (C=O) groups excluding carboxylic acids is 3. The highest BCUT2D eigenvalue weighted by atomic mass is 16.5. The van der Waals surface area contributed by atoms with Crippen molar-refractivity contribution >= 4 is 23.6 Å². The number of aliphatic imine (C=N–C) groups is 1. The number of ether oxygens (including phenoxy) is 2. The van der Waals surface area contributed by atoms with E-state index in [1.54, 1.807) is 39.3 Å². The summed E-state index contributed by atoms with van der Waals surface area (Å²) in [6, 6.07) is 4.60. The van der Waals surface area contributed by atoms with Gasteiger partial charge >= 0.3 is 6.03 Å². The van der Waals surface area contributed by atoms with Crippen molar-refractivity contribution in [3.8, 4) is 11.5 Å². The number of urea groups is 1. The summed E-state index contributed by atoms with van der Waals surface area (Å²) in [4.78, 5) is 42.1. The third-order valence-electron chi connectivity index (χ3n) is 4.13. The molecule has 0 spiro atoms. The topological polar surface area (TPSA) is 97.3 Å². The zero-order valence-corrected chi connectivity index (χ0v) is 15.7. The lowest BCUT2D eigenvalue weighted by atomic mass is 9.96. The van der Waals surface area contributed by atoms with Crippen LogP contribution in [0.2, 0.25) is 0 Å². The minimum atomic E-state index is -1.12. The fourth-order valence-corrected chi connectivity index (χ4v) is 2.77. The molecule has 1 saturated heterocycles. The summed E-state index contributed by atoms with van der Waals surface area (Å²) in [5.41, 5.74) is 1.21. The van der Waals surface area contributed by atoms with Crippen LogP contribution in [0, 0.1) is 5.92 Å². The molecule has 0 aromatic heterocycles. The summed E-state index contributed by atoms with van der Waals surface area (Å²) in [6.45, 7) is 5.60. The van der Waals surface area contributed by atoms with Gasteiger partial charge in [-0.3, -0.25) is 24.8 Å². The summed E-state index contributed by atoms with van der Waals surface area (Å²) in [5, 5.41) is 2.20. The molecule has 1 N–H and O–H groups in total. The number of hydrogen-bond donors (Lipinski definition) is 1. The highest BCUT2D eigenvalue weighted by Gasteiger charge is 2.42. The van der Waals surface area contributed by atoms with Crippen LogP contribution in [0.5, 0.6) is 11.5 Å². The van der Waals surface area contributed by atoms with E-state index < -0.39 is 23.8 Å². The number of barbiturate groups is 1. The molecule has 0 saturated carbocycles. The first-order chi connectivity index (χ1) is 12.9. The van der Waals surface area contributed by atoms with Gasteiger partial charge < -0.3 is 9.47 Å². The number of rotatable bonds is 8. The number of methoxy groups -OCH3 is 2. The molecule has 1 aromatic carbocycles. The van der Waals surface area contributed by atoms with Crippen LogP contribution in [0.15, 0.2) is 35.8 Å². The van der Waals surface area contributed by atoms with Crippen LogP contribution in [0.3, 0.4) is 0 Å². The summed E-state index contributed by atoms with van der Waals surface area (Å²) < 4.78 is 10.5. The number of benzene rings is 1. The molecule has 2 rings (SSSR count). The maximum absolute atomic E-state index is 12.6. The number of nitrogens with zero attached hydrogens (tertiary/aromatic N) is 2. The number of hydrogen-bond acceptors (Lipinski definition) is 6. The standard InChI is InChI=1S/C19H23N3O5/c1-5-7-22-18(24)16(17(23)21-19(22)25)15(6-2)20-11-12-8-13(26-3)10-14(9-12)27-4/h5,8-10,16H,1,6-7,11H2,2-4H3,(H,21,23,25). The highest BCUT2D eigenvalue weighted by Crippen LogP contribution is 2.23. The van der Waals surface area contributed by atoms with E-state index in [4.69, 9.17) is 9.47 Å². The molecule has 1 aliphatic heterocycles. The monoisotopic (exact) mass is 373 g/mol. The van der Waals surface area contributed by atoms with Gasteiger partial charge in [-0.05, 0) is 24.1 Å². The van der Waals surface area contributed by atoms with Crippen LogP contribution >= 0.6 is 0 Å². The Bertz CT molecular complexity index is 765. The van der Waals surface area contributed by atoms with Gasteiger partial charge in [-0.15, -0.1) is 6.58 Å². The van der Waals surface area contributed by atoms with Crippen molar-refractivity contribution in [3.63, 3.8) is 0 Å². The average Bonchev–Trinajstić information content (AvgIpc) is 2.67. The first-order valence-electron chi connectivity index (χ1n) is 8.47. The highest BCUT2D eigenvalue weighted by molar-refractivity contribution is 6.27. The molecule has 0 aliphatic carbocycles. The Morgan fingerprint density at radius 1 is 1.22 bits per heavy atom. The van der Waals surface area contributed by atoms with Crippen LogP contribution in [0.1, 0.15) is 18.9 Å². The maximum Gasteiger partial charge on any atom is 0.331 e. The molecule has 144 valence electrons. The normalized spacial score (nSPS) is 17.6. The van der Waals surface area contributed by atoms with Gasteiger partial charge in [0, 0.05) is 18.3 Å². The lowest BCUT2D eigenvalue weighted by molar-refractivity contribution is -0.139. The predicted molar refractivity (Wildman–Crippen MR) is 99.9 cm³/mol. The molecule has 1 aromatic rings. The Labute approximate surface area is 157 Å². The van der Waals surface area contributed by atoms with Gasteiger partial charge in [-0.1, -0.05) is 13.0 Å². The van der Waals surface area contributed by atoms with Gasteiger partial charge in [0.2, 0.25) is 11.8 Å². The number of amides is 4. The molecular weight excluding hydrogens is 350 g/mol. The third-order valence-corrected chi connectivity index (χ3v) is 4.13. The molecule has 8 heteroatoms. The Morgan fingerprint density at radius 3 is 2.37 bits per heavy atom. The van der Waals surface area contributed by atoms with Gasteiger partial charge in [0.1, 0.15) is 11.5 Å². The van der Waals surface area contributed by atoms with E-state index in [-0.39, 0.29) is 13.1 Å². The second kappa shape index (κ2) is 8.98. The van der Waals surface area contributed by atoms with Crippen molar-refractivity contribution < 1.29 is 23.9 Å². The maximum atomic E-state index is 12.6. The molecule has 1 fully saturated rings. The van der Waals surface area contributed by atoms with Crippen molar-refractivity contribution in [2.24, 2.45) is 10.9 Å².